The predicted octanol–water partition coefficient (Wildman–Crippen LogP) is 1.92. The van der Waals surface area contributed by atoms with Crippen molar-refractivity contribution in [2.75, 3.05) is 19.0 Å². The number of ether oxygens (including phenoxy) is 1. The van der Waals surface area contributed by atoms with E-state index in [1.165, 1.54) is 7.11 Å². The van der Waals surface area contributed by atoms with Gasteiger partial charge >= 0.3 is 0 Å². The lowest BCUT2D eigenvalue weighted by Crippen LogP contribution is -2.17. The topological polar surface area (TPSA) is 38.3 Å². The molecule has 0 bridgehead atoms. The molecule has 1 amide bonds. The molecule has 0 aliphatic rings. The van der Waals surface area contributed by atoms with Gasteiger partial charge in [0, 0.05) is 7.11 Å². The molecule has 0 unspecified atom stereocenters. The lowest BCUT2D eigenvalue weighted by molar-refractivity contribution is -0.119. The van der Waals surface area contributed by atoms with E-state index < -0.39 is 0 Å². The molecular weight excluding hydrogens is 190 g/mol. The number of carbonyl (C=O) groups is 1. The summed E-state index contributed by atoms with van der Waals surface area (Å²) in [6.07, 6.45) is 0. The summed E-state index contributed by atoms with van der Waals surface area (Å²) < 4.78 is 4.66. The number of halogens is 1. The monoisotopic (exact) mass is 199 g/mol. The molecule has 0 aromatic heterocycles. The van der Waals surface area contributed by atoms with Crippen molar-refractivity contribution in [1.82, 2.24) is 0 Å². The third-order valence-corrected chi connectivity index (χ3v) is 1.75. The minimum absolute atomic E-state index is 0.0330. The molecule has 1 N–H and O–H groups in total. The lowest BCUT2D eigenvalue weighted by atomic mass is 10.3. The maximum absolute atomic E-state index is 11.1. The number of para-hydroxylation sites is 1. The minimum atomic E-state index is -0.212. The number of methoxy groups -OCH3 is 1. The van der Waals surface area contributed by atoms with Crippen molar-refractivity contribution in [2.45, 2.75) is 0 Å². The Labute approximate surface area is 81.7 Å². The number of hydrogen-bond acceptors (Lipinski definition) is 2. The van der Waals surface area contributed by atoms with E-state index in [4.69, 9.17) is 11.6 Å². The number of nitrogens with one attached hydrogen (secondary N) is 1. The van der Waals surface area contributed by atoms with Gasteiger partial charge in [0.25, 0.3) is 0 Å². The van der Waals surface area contributed by atoms with E-state index in [0.29, 0.717) is 10.7 Å². The average molecular weight is 200 g/mol. The highest BCUT2D eigenvalue weighted by Gasteiger charge is 2.03. The Kier molecular flexibility index (Phi) is 3.73. The Morgan fingerprint density at radius 2 is 2.23 bits per heavy atom. The molecule has 0 aliphatic carbocycles. The summed E-state index contributed by atoms with van der Waals surface area (Å²) in [6, 6.07) is 7.04. The Bertz CT molecular complexity index is 301. The minimum Gasteiger partial charge on any atom is -0.375 e. The zero-order chi connectivity index (χ0) is 9.68. The predicted molar refractivity (Wildman–Crippen MR) is 52.0 cm³/mol. The quantitative estimate of drug-likeness (QED) is 0.808. The number of rotatable bonds is 3. The number of carbonyl (C=O) groups excluding carboxylic acids is 1. The molecule has 0 saturated heterocycles. The second kappa shape index (κ2) is 4.84. The van der Waals surface area contributed by atoms with Crippen LogP contribution in [0.2, 0.25) is 5.02 Å². The molecule has 4 heteroatoms. The molecular formula is C9H10ClNO2. The van der Waals surface area contributed by atoms with Crippen molar-refractivity contribution in [2.24, 2.45) is 0 Å². The second-order valence-electron chi connectivity index (χ2n) is 2.46. The van der Waals surface area contributed by atoms with Crippen molar-refractivity contribution in [3.05, 3.63) is 29.3 Å². The number of hydrogen-bond donors (Lipinski definition) is 1. The summed E-state index contributed by atoms with van der Waals surface area (Å²) in [5.41, 5.74) is 0.603. The van der Waals surface area contributed by atoms with Gasteiger partial charge in [0.05, 0.1) is 10.7 Å². The van der Waals surface area contributed by atoms with Crippen LogP contribution in [0.1, 0.15) is 0 Å². The molecule has 0 heterocycles. The molecule has 13 heavy (non-hydrogen) atoms. The summed E-state index contributed by atoms with van der Waals surface area (Å²) in [5, 5.41) is 3.14. The fourth-order valence-electron chi connectivity index (χ4n) is 0.880. The fraction of sp³-hybridized carbons (Fsp3) is 0.222. The molecule has 0 atom stereocenters. The van der Waals surface area contributed by atoms with Gasteiger partial charge in [-0.25, -0.2) is 0 Å². The highest BCUT2D eigenvalue weighted by molar-refractivity contribution is 6.33. The molecule has 3 nitrogen and oxygen atoms in total. The smallest absolute Gasteiger partial charge is 0.250 e. The molecule has 0 saturated carbocycles. The first-order valence-electron chi connectivity index (χ1n) is 3.77. The van der Waals surface area contributed by atoms with Crippen LogP contribution in [0.4, 0.5) is 5.69 Å². The Morgan fingerprint density at radius 3 is 2.85 bits per heavy atom. The molecule has 1 aromatic rings. The molecule has 0 spiro atoms. The van der Waals surface area contributed by atoms with Gasteiger partial charge in [-0.15, -0.1) is 0 Å². The molecule has 1 aromatic carbocycles. The van der Waals surface area contributed by atoms with E-state index >= 15 is 0 Å². The normalized spacial score (nSPS) is 9.69. The molecule has 0 radical (unpaired) electrons. The first-order chi connectivity index (χ1) is 6.24. The van der Waals surface area contributed by atoms with Crippen molar-refractivity contribution < 1.29 is 9.53 Å². The molecule has 1 rings (SSSR count). The van der Waals surface area contributed by atoms with Gasteiger partial charge in [-0.3, -0.25) is 4.79 Å². The zero-order valence-corrected chi connectivity index (χ0v) is 7.97. The summed E-state index contributed by atoms with van der Waals surface area (Å²) in [5.74, 6) is -0.212. The third-order valence-electron chi connectivity index (χ3n) is 1.42. The first-order valence-corrected chi connectivity index (χ1v) is 4.15. The molecule has 0 aliphatic heterocycles. The summed E-state index contributed by atoms with van der Waals surface area (Å²) in [7, 11) is 1.46. The van der Waals surface area contributed by atoms with Crippen molar-refractivity contribution >= 4 is 23.2 Å². The highest BCUT2D eigenvalue weighted by Crippen LogP contribution is 2.19. The number of anilines is 1. The SMILES string of the molecule is COCC(=O)Nc1ccccc1Cl. The van der Waals surface area contributed by atoms with Crippen molar-refractivity contribution in [3.8, 4) is 0 Å². The largest absolute Gasteiger partial charge is 0.375 e. The van der Waals surface area contributed by atoms with Crippen LogP contribution in [-0.4, -0.2) is 19.6 Å². The lowest BCUT2D eigenvalue weighted by Gasteiger charge is -2.05. The maximum atomic E-state index is 11.1. The van der Waals surface area contributed by atoms with Crippen LogP contribution >= 0.6 is 11.6 Å². The number of benzene rings is 1. The van der Waals surface area contributed by atoms with Crippen LogP contribution in [0.5, 0.6) is 0 Å². The van der Waals surface area contributed by atoms with Gasteiger partial charge < -0.3 is 10.1 Å². The van der Waals surface area contributed by atoms with Gasteiger partial charge in [0.15, 0.2) is 0 Å². The van der Waals surface area contributed by atoms with E-state index in [9.17, 15) is 4.79 Å². The zero-order valence-electron chi connectivity index (χ0n) is 7.21. The first kappa shape index (κ1) is 10.0. The third kappa shape index (κ3) is 3.05. The van der Waals surface area contributed by atoms with Crippen molar-refractivity contribution in [1.29, 1.82) is 0 Å². The summed E-state index contributed by atoms with van der Waals surface area (Å²) in [6.45, 7) is 0.0330. The highest BCUT2D eigenvalue weighted by atomic mass is 35.5. The van der Waals surface area contributed by atoms with Crippen molar-refractivity contribution in [3.63, 3.8) is 0 Å². The Balaban J connectivity index is 2.63. The van der Waals surface area contributed by atoms with E-state index in [-0.39, 0.29) is 12.5 Å². The molecule has 70 valence electrons. The van der Waals surface area contributed by atoms with Crippen LogP contribution in [0.15, 0.2) is 24.3 Å². The van der Waals surface area contributed by atoms with Gasteiger partial charge in [-0.2, -0.15) is 0 Å². The van der Waals surface area contributed by atoms with E-state index in [1.54, 1.807) is 24.3 Å². The summed E-state index contributed by atoms with van der Waals surface area (Å²) in [4.78, 5) is 11.1. The maximum Gasteiger partial charge on any atom is 0.250 e. The van der Waals surface area contributed by atoms with Crippen LogP contribution in [0.3, 0.4) is 0 Å². The Morgan fingerprint density at radius 1 is 1.54 bits per heavy atom. The summed E-state index contributed by atoms with van der Waals surface area (Å²) >= 11 is 5.81. The van der Waals surface area contributed by atoms with E-state index in [0.717, 1.165) is 0 Å². The van der Waals surface area contributed by atoms with Gasteiger partial charge in [0.1, 0.15) is 6.61 Å². The van der Waals surface area contributed by atoms with Crippen LogP contribution in [-0.2, 0) is 9.53 Å². The average Bonchev–Trinajstić information content (AvgIpc) is 2.09. The van der Waals surface area contributed by atoms with Gasteiger partial charge in [-0.1, -0.05) is 23.7 Å². The fourth-order valence-corrected chi connectivity index (χ4v) is 1.06. The van der Waals surface area contributed by atoms with Gasteiger partial charge in [-0.05, 0) is 12.1 Å². The second-order valence-corrected chi connectivity index (χ2v) is 2.87. The standard InChI is InChI=1S/C9H10ClNO2/c1-13-6-9(12)11-8-5-3-2-4-7(8)10/h2-5H,6H2,1H3,(H,11,12). The molecule has 0 fully saturated rings. The number of amides is 1. The van der Waals surface area contributed by atoms with Gasteiger partial charge in [0.2, 0.25) is 5.91 Å². The van der Waals surface area contributed by atoms with Crippen LogP contribution in [0.25, 0.3) is 0 Å². The van der Waals surface area contributed by atoms with Crippen LogP contribution < -0.4 is 5.32 Å². The Hall–Kier alpha value is -1.06. The van der Waals surface area contributed by atoms with E-state index in [1.807, 2.05) is 0 Å². The van der Waals surface area contributed by atoms with Crippen LogP contribution in [0, 0.1) is 0 Å². The van der Waals surface area contributed by atoms with E-state index in [2.05, 4.69) is 10.1 Å².